The third-order valence-electron chi connectivity index (χ3n) is 10.2. The van der Waals surface area contributed by atoms with Crippen molar-refractivity contribution >= 4 is 5.91 Å². The van der Waals surface area contributed by atoms with Crippen molar-refractivity contribution in [1.29, 1.82) is 0 Å². The molecule has 0 aromatic heterocycles. The van der Waals surface area contributed by atoms with Gasteiger partial charge in [-0.25, -0.2) is 0 Å². The summed E-state index contributed by atoms with van der Waals surface area (Å²) in [6.45, 7) is 5.99. The van der Waals surface area contributed by atoms with E-state index >= 15 is 0 Å². The van der Waals surface area contributed by atoms with Crippen LogP contribution in [0.3, 0.4) is 0 Å². The van der Waals surface area contributed by atoms with Crippen molar-refractivity contribution in [2.24, 2.45) is 23.0 Å². The Kier molecular flexibility index (Phi) is 3.74. The number of nitrogens with two attached hydrogens (primary N) is 1. The number of methoxy groups -OCH3 is 1. The number of piperidine rings is 1. The molecule has 6 atom stereocenters. The van der Waals surface area contributed by atoms with Crippen LogP contribution in [0.2, 0.25) is 0 Å². The largest absolute Gasteiger partial charge is 0.485 e. The van der Waals surface area contributed by atoms with Crippen molar-refractivity contribution in [3.8, 4) is 5.75 Å². The lowest BCUT2D eigenvalue weighted by molar-refractivity contribution is -0.245. The Morgan fingerprint density at radius 3 is 2.79 bits per heavy atom. The van der Waals surface area contributed by atoms with Crippen LogP contribution in [0.5, 0.6) is 5.75 Å². The topological polar surface area (TPSA) is 85.0 Å². The average molecular weight is 451 g/mol. The van der Waals surface area contributed by atoms with E-state index in [-0.39, 0.29) is 22.9 Å². The van der Waals surface area contributed by atoms with E-state index in [1.807, 2.05) is 19.9 Å². The molecule has 0 radical (unpaired) electrons. The molecule has 4 bridgehead atoms. The molecule has 8 rings (SSSR count). The van der Waals surface area contributed by atoms with Crippen LogP contribution in [-0.4, -0.2) is 59.5 Å². The van der Waals surface area contributed by atoms with Gasteiger partial charge in [0.25, 0.3) is 5.91 Å². The Morgan fingerprint density at radius 1 is 1.33 bits per heavy atom. The van der Waals surface area contributed by atoms with E-state index in [1.165, 1.54) is 24.0 Å². The number of likely N-dealkylation sites (tertiary alicyclic amines) is 1. The Labute approximate surface area is 195 Å². The zero-order valence-corrected chi connectivity index (χ0v) is 19.8. The van der Waals surface area contributed by atoms with Crippen molar-refractivity contribution in [3.63, 3.8) is 0 Å². The molecule has 3 fully saturated rings. The average Bonchev–Trinajstić information content (AvgIpc) is 3.51. The molecular weight excluding hydrogens is 416 g/mol. The second kappa shape index (κ2) is 6.02. The van der Waals surface area contributed by atoms with Gasteiger partial charge in [0.1, 0.15) is 17.5 Å². The molecule has 176 valence electrons. The summed E-state index contributed by atoms with van der Waals surface area (Å²) in [6.07, 6.45) is 9.78. The Hall–Kier alpha value is -1.89. The van der Waals surface area contributed by atoms with Crippen LogP contribution in [0.15, 0.2) is 24.3 Å². The monoisotopic (exact) mass is 450 g/mol. The fourth-order valence-electron chi connectivity index (χ4n) is 8.79. The number of carbonyl (C=O) groups is 1. The third kappa shape index (κ3) is 2.20. The third-order valence-corrected chi connectivity index (χ3v) is 10.2. The number of benzene rings is 1. The predicted molar refractivity (Wildman–Crippen MR) is 123 cm³/mol. The molecule has 3 N–H and O–H groups in total. The van der Waals surface area contributed by atoms with E-state index in [9.17, 15) is 9.90 Å². The zero-order chi connectivity index (χ0) is 23.0. The van der Waals surface area contributed by atoms with Crippen LogP contribution in [0.25, 0.3) is 0 Å². The Morgan fingerprint density at radius 2 is 2.12 bits per heavy atom. The summed E-state index contributed by atoms with van der Waals surface area (Å²) in [7, 11) is 1.74. The predicted octanol–water partition coefficient (Wildman–Crippen LogP) is 2.56. The number of fused-ring (bicyclic) bond motifs is 1. The van der Waals surface area contributed by atoms with E-state index in [0.717, 1.165) is 38.3 Å². The highest BCUT2D eigenvalue weighted by Crippen LogP contribution is 2.75. The van der Waals surface area contributed by atoms with Crippen LogP contribution in [-0.2, 0) is 16.6 Å². The summed E-state index contributed by atoms with van der Waals surface area (Å²) in [5.74, 6) is 0.926. The number of carbonyl (C=O) groups excluding carboxylic acids is 1. The maximum absolute atomic E-state index is 12.4. The van der Waals surface area contributed by atoms with E-state index in [4.69, 9.17) is 15.2 Å². The van der Waals surface area contributed by atoms with Gasteiger partial charge in [-0.2, -0.15) is 0 Å². The first-order chi connectivity index (χ1) is 15.7. The fourth-order valence-corrected chi connectivity index (χ4v) is 8.79. The summed E-state index contributed by atoms with van der Waals surface area (Å²) < 4.78 is 13.2. The second-order valence-electron chi connectivity index (χ2n) is 12.1. The Balaban J connectivity index is 1.51. The SMILES string of the molecule is CO[C@]12C=C[C@@]3(C[C@@H]1C(C)(C)O)[C@H]1Cc4ccc(C(N)=O)c5c4[C@@]3(CCN1CC1CC1)[C@H]2O5. The first-order valence-corrected chi connectivity index (χ1v) is 12.5. The smallest absolute Gasteiger partial charge is 0.252 e. The first-order valence-electron chi connectivity index (χ1n) is 12.5. The summed E-state index contributed by atoms with van der Waals surface area (Å²) >= 11 is 0. The van der Waals surface area contributed by atoms with Gasteiger partial charge in [-0.1, -0.05) is 18.2 Å². The van der Waals surface area contributed by atoms with Gasteiger partial charge in [0, 0.05) is 36.6 Å². The molecule has 6 nitrogen and oxygen atoms in total. The van der Waals surface area contributed by atoms with Gasteiger partial charge in [-0.05, 0) is 70.0 Å². The van der Waals surface area contributed by atoms with Gasteiger partial charge in [0.2, 0.25) is 0 Å². The molecule has 33 heavy (non-hydrogen) atoms. The van der Waals surface area contributed by atoms with Crippen molar-refractivity contribution in [2.45, 2.75) is 74.7 Å². The first kappa shape index (κ1) is 20.5. The standard InChI is InChI=1S/C27H34N2O4/c1-24(2,31)18-13-25-8-9-27(18,32-3)23-26(25)10-11-29(14-15-4-5-15)19(25)12-16-6-7-17(22(28)30)21(33-23)20(16)26/h6-9,15,18-19,23,31H,4-5,10-14H2,1-3H3,(H2,28,30)/t18-,19-,23-,25-,26+,27-/m1/s1. The van der Waals surface area contributed by atoms with Crippen LogP contribution < -0.4 is 10.5 Å². The van der Waals surface area contributed by atoms with Crippen LogP contribution in [0, 0.1) is 17.3 Å². The fraction of sp³-hybridized carbons (Fsp3) is 0.667. The van der Waals surface area contributed by atoms with Gasteiger partial charge < -0.3 is 20.3 Å². The Bertz CT molecular complexity index is 1100. The molecule has 7 aliphatic rings. The highest BCUT2D eigenvalue weighted by atomic mass is 16.6. The maximum atomic E-state index is 12.4. The number of hydrogen-bond donors (Lipinski definition) is 2. The molecule has 1 aromatic rings. The second-order valence-corrected chi connectivity index (χ2v) is 12.1. The van der Waals surface area contributed by atoms with Crippen LogP contribution in [0.1, 0.15) is 61.0 Å². The molecule has 2 saturated carbocycles. The quantitative estimate of drug-likeness (QED) is 0.674. The normalized spacial score (nSPS) is 42.2. The van der Waals surface area contributed by atoms with Crippen molar-refractivity contribution < 1.29 is 19.4 Å². The van der Waals surface area contributed by atoms with Gasteiger partial charge in [-0.15, -0.1) is 0 Å². The van der Waals surface area contributed by atoms with E-state index in [2.05, 4.69) is 23.1 Å². The van der Waals surface area contributed by atoms with E-state index in [1.54, 1.807) is 7.11 Å². The van der Waals surface area contributed by atoms with Crippen molar-refractivity contribution in [3.05, 3.63) is 41.0 Å². The van der Waals surface area contributed by atoms with E-state index < -0.39 is 17.1 Å². The minimum Gasteiger partial charge on any atom is -0.485 e. The highest BCUT2D eigenvalue weighted by molar-refractivity contribution is 5.97. The van der Waals surface area contributed by atoms with Crippen molar-refractivity contribution in [1.82, 2.24) is 4.90 Å². The molecule has 0 unspecified atom stereocenters. The summed E-state index contributed by atoms with van der Waals surface area (Å²) in [5, 5.41) is 11.4. The maximum Gasteiger partial charge on any atom is 0.252 e. The molecular formula is C27H34N2O4. The molecule has 2 spiro atoms. The minimum atomic E-state index is -0.935. The summed E-state index contributed by atoms with van der Waals surface area (Å²) in [5.41, 5.74) is 6.66. The molecule has 1 aromatic carbocycles. The minimum absolute atomic E-state index is 0.116. The lowest BCUT2D eigenvalue weighted by Crippen LogP contribution is -2.80. The number of hydrogen-bond acceptors (Lipinski definition) is 5. The highest BCUT2D eigenvalue weighted by Gasteiger charge is 2.80. The van der Waals surface area contributed by atoms with Crippen LogP contribution in [0.4, 0.5) is 0 Å². The number of aliphatic hydroxyl groups is 1. The molecule has 5 aliphatic carbocycles. The summed E-state index contributed by atoms with van der Waals surface area (Å²) in [4.78, 5) is 15.2. The molecule has 2 heterocycles. The summed E-state index contributed by atoms with van der Waals surface area (Å²) in [6, 6.07) is 4.32. The van der Waals surface area contributed by atoms with Gasteiger partial charge in [-0.3, -0.25) is 9.69 Å². The van der Waals surface area contributed by atoms with Gasteiger partial charge >= 0.3 is 0 Å². The lowest BCUT2D eigenvalue weighted by atomic mass is 9.36. The van der Waals surface area contributed by atoms with Crippen LogP contribution >= 0.6 is 0 Å². The van der Waals surface area contributed by atoms with Gasteiger partial charge in [0.05, 0.1) is 16.6 Å². The molecule has 6 heteroatoms. The van der Waals surface area contributed by atoms with Crippen molar-refractivity contribution in [2.75, 3.05) is 20.2 Å². The molecule has 1 saturated heterocycles. The molecule has 2 aliphatic heterocycles. The number of primary amides is 1. The number of amides is 1. The number of rotatable bonds is 5. The van der Waals surface area contributed by atoms with Gasteiger partial charge in [0.15, 0.2) is 0 Å². The molecule has 1 amide bonds. The number of nitrogens with zero attached hydrogens (tertiary/aromatic N) is 1. The lowest BCUT2D eigenvalue weighted by Gasteiger charge is -2.72. The number of ether oxygens (including phenoxy) is 2. The zero-order valence-electron chi connectivity index (χ0n) is 19.8. The van der Waals surface area contributed by atoms with E-state index in [0.29, 0.717) is 17.4 Å².